The minimum absolute atomic E-state index is 0.110. The standard InChI is InChI=1S/C11H17O5P/c1-2-3-4-11(16-17(13,14)15)9-5-7-10(12)8-6-9/h5-8,11-12H,2-4H2,1H3,(H2,13,14,15). The second-order valence-electron chi connectivity index (χ2n) is 3.82. The van der Waals surface area contributed by atoms with Crippen molar-refractivity contribution in [2.24, 2.45) is 0 Å². The molecule has 0 aromatic heterocycles. The second kappa shape index (κ2) is 6.17. The van der Waals surface area contributed by atoms with Crippen molar-refractivity contribution in [3.8, 4) is 5.75 Å². The monoisotopic (exact) mass is 260 g/mol. The van der Waals surface area contributed by atoms with Gasteiger partial charge < -0.3 is 14.9 Å². The summed E-state index contributed by atoms with van der Waals surface area (Å²) in [5.41, 5.74) is 0.652. The van der Waals surface area contributed by atoms with E-state index in [1.165, 1.54) is 12.1 Å². The Hall–Kier alpha value is -0.870. The average Bonchev–Trinajstić information content (AvgIpc) is 2.24. The summed E-state index contributed by atoms with van der Waals surface area (Å²) in [5, 5.41) is 9.15. The van der Waals surface area contributed by atoms with Gasteiger partial charge in [-0.2, -0.15) is 0 Å². The molecule has 1 unspecified atom stereocenters. The second-order valence-corrected chi connectivity index (χ2v) is 5.01. The Labute approximate surface area is 100 Å². The van der Waals surface area contributed by atoms with Crippen LogP contribution in [0.15, 0.2) is 24.3 Å². The van der Waals surface area contributed by atoms with E-state index in [4.69, 9.17) is 19.4 Å². The minimum atomic E-state index is -4.50. The van der Waals surface area contributed by atoms with Crippen LogP contribution in [0.25, 0.3) is 0 Å². The first-order valence-electron chi connectivity index (χ1n) is 5.45. The van der Waals surface area contributed by atoms with Crippen molar-refractivity contribution in [3.05, 3.63) is 29.8 Å². The summed E-state index contributed by atoms with van der Waals surface area (Å²) < 4.78 is 15.6. The molecule has 1 rings (SSSR count). The van der Waals surface area contributed by atoms with E-state index in [0.717, 1.165) is 12.8 Å². The van der Waals surface area contributed by atoms with E-state index in [-0.39, 0.29) is 5.75 Å². The van der Waals surface area contributed by atoms with E-state index in [1.807, 2.05) is 6.92 Å². The van der Waals surface area contributed by atoms with Crippen molar-refractivity contribution in [1.82, 2.24) is 0 Å². The fraction of sp³-hybridized carbons (Fsp3) is 0.455. The maximum atomic E-state index is 10.9. The number of unbranched alkanes of at least 4 members (excludes halogenated alkanes) is 1. The lowest BCUT2D eigenvalue weighted by Gasteiger charge is -2.18. The molecule has 3 N–H and O–H groups in total. The first-order valence-corrected chi connectivity index (χ1v) is 6.98. The maximum absolute atomic E-state index is 10.9. The number of phenolic OH excluding ortho intramolecular Hbond substituents is 1. The third-order valence-electron chi connectivity index (χ3n) is 2.35. The lowest BCUT2D eigenvalue weighted by Crippen LogP contribution is -2.03. The van der Waals surface area contributed by atoms with Crippen LogP contribution in [0.3, 0.4) is 0 Å². The molecule has 0 aliphatic heterocycles. The lowest BCUT2D eigenvalue weighted by molar-refractivity contribution is 0.125. The number of aromatic hydroxyl groups is 1. The average molecular weight is 260 g/mol. The molecule has 1 aromatic rings. The van der Waals surface area contributed by atoms with Crippen LogP contribution in [0.2, 0.25) is 0 Å². The number of hydrogen-bond donors (Lipinski definition) is 3. The van der Waals surface area contributed by atoms with E-state index in [2.05, 4.69) is 0 Å². The van der Waals surface area contributed by atoms with Gasteiger partial charge in [-0.05, 0) is 24.1 Å². The Morgan fingerprint density at radius 2 is 1.88 bits per heavy atom. The molecule has 0 bridgehead atoms. The Balaban J connectivity index is 2.81. The molecular weight excluding hydrogens is 243 g/mol. The Kier molecular flexibility index (Phi) is 5.15. The molecular formula is C11H17O5P. The van der Waals surface area contributed by atoms with Gasteiger partial charge in [0.05, 0.1) is 6.10 Å². The van der Waals surface area contributed by atoms with Gasteiger partial charge in [0, 0.05) is 0 Å². The zero-order chi connectivity index (χ0) is 12.9. The van der Waals surface area contributed by atoms with Gasteiger partial charge in [-0.3, -0.25) is 4.52 Å². The predicted molar refractivity (Wildman–Crippen MR) is 63.5 cm³/mol. The SMILES string of the molecule is CCCCC(OP(=O)(O)O)c1ccc(O)cc1. The Bertz CT molecular complexity index is 383. The highest BCUT2D eigenvalue weighted by molar-refractivity contribution is 7.46. The summed E-state index contributed by atoms with van der Waals surface area (Å²) >= 11 is 0. The van der Waals surface area contributed by atoms with Crippen molar-refractivity contribution in [2.75, 3.05) is 0 Å². The highest BCUT2D eigenvalue weighted by Gasteiger charge is 2.23. The first kappa shape index (κ1) is 14.2. The summed E-state index contributed by atoms with van der Waals surface area (Å²) in [6, 6.07) is 6.14. The summed E-state index contributed by atoms with van der Waals surface area (Å²) in [4.78, 5) is 17.7. The maximum Gasteiger partial charge on any atom is 0.470 e. The molecule has 1 aromatic carbocycles. The van der Waals surface area contributed by atoms with E-state index in [0.29, 0.717) is 12.0 Å². The molecule has 17 heavy (non-hydrogen) atoms. The number of rotatable bonds is 6. The predicted octanol–water partition coefficient (Wildman–Crippen LogP) is 2.73. The van der Waals surface area contributed by atoms with Crippen molar-refractivity contribution in [2.45, 2.75) is 32.3 Å². The lowest BCUT2D eigenvalue weighted by atomic mass is 10.0. The zero-order valence-corrected chi connectivity index (χ0v) is 10.5. The summed E-state index contributed by atoms with van der Waals surface area (Å²) in [5.74, 6) is 0.110. The molecule has 5 nitrogen and oxygen atoms in total. The van der Waals surface area contributed by atoms with Gasteiger partial charge in [0.2, 0.25) is 0 Å². The summed E-state index contributed by atoms with van der Waals surface area (Å²) in [6.07, 6.45) is 1.62. The van der Waals surface area contributed by atoms with E-state index < -0.39 is 13.9 Å². The summed E-state index contributed by atoms with van der Waals surface area (Å²) in [6.45, 7) is 1.99. The van der Waals surface area contributed by atoms with E-state index in [9.17, 15) is 4.57 Å². The van der Waals surface area contributed by atoms with Crippen LogP contribution >= 0.6 is 7.82 Å². The number of benzene rings is 1. The van der Waals surface area contributed by atoms with Gasteiger partial charge in [0.1, 0.15) is 5.75 Å². The number of hydrogen-bond acceptors (Lipinski definition) is 3. The quantitative estimate of drug-likeness (QED) is 0.684. The molecule has 0 saturated heterocycles. The van der Waals surface area contributed by atoms with Crippen molar-refractivity contribution in [1.29, 1.82) is 0 Å². The van der Waals surface area contributed by atoms with Gasteiger partial charge >= 0.3 is 7.82 Å². The van der Waals surface area contributed by atoms with E-state index in [1.54, 1.807) is 12.1 Å². The van der Waals surface area contributed by atoms with E-state index >= 15 is 0 Å². The van der Waals surface area contributed by atoms with Gasteiger partial charge in [-0.25, -0.2) is 4.57 Å². The van der Waals surface area contributed by atoms with Crippen LogP contribution in [-0.4, -0.2) is 14.9 Å². The largest absolute Gasteiger partial charge is 0.508 e. The van der Waals surface area contributed by atoms with Crippen molar-refractivity contribution < 1.29 is 24.0 Å². The Morgan fingerprint density at radius 1 is 1.29 bits per heavy atom. The molecule has 6 heteroatoms. The minimum Gasteiger partial charge on any atom is -0.508 e. The van der Waals surface area contributed by atoms with Crippen LogP contribution in [0.1, 0.15) is 37.9 Å². The third-order valence-corrected chi connectivity index (χ3v) is 2.88. The molecule has 0 radical (unpaired) electrons. The van der Waals surface area contributed by atoms with Crippen molar-refractivity contribution >= 4 is 7.82 Å². The number of phenols is 1. The molecule has 96 valence electrons. The van der Waals surface area contributed by atoms with Gasteiger partial charge in [0.25, 0.3) is 0 Å². The molecule has 0 heterocycles. The van der Waals surface area contributed by atoms with Crippen molar-refractivity contribution in [3.63, 3.8) is 0 Å². The smallest absolute Gasteiger partial charge is 0.470 e. The molecule has 0 aliphatic rings. The highest BCUT2D eigenvalue weighted by atomic mass is 31.2. The molecule has 0 spiro atoms. The highest BCUT2D eigenvalue weighted by Crippen LogP contribution is 2.44. The van der Waals surface area contributed by atoms with Gasteiger partial charge in [-0.15, -0.1) is 0 Å². The van der Waals surface area contributed by atoms with Crippen LogP contribution < -0.4 is 0 Å². The fourth-order valence-corrected chi connectivity index (χ4v) is 2.08. The van der Waals surface area contributed by atoms with Crippen LogP contribution in [0, 0.1) is 0 Å². The van der Waals surface area contributed by atoms with Crippen LogP contribution in [-0.2, 0) is 9.09 Å². The van der Waals surface area contributed by atoms with Gasteiger partial charge in [-0.1, -0.05) is 31.9 Å². The summed E-state index contributed by atoms with van der Waals surface area (Å²) in [7, 11) is -4.50. The van der Waals surface area contributed by atoms with Crippen LogP contribution in [0.5, 0.6) is 5.75 Å². The molecule has 0 fully saturated rings. The first-order chi connectivity index (χ1) is 7.92. The molecule has 0 amide bonds. The Morgan fingerprint density at radius 3 is 2.35 bits per heavy atom. The molecule has 0 aliphatic carbocycles. The molecule has 1 atom stereocenters. The fourth-order valence-electron chi connectivity index (χ4n) is 1.52. The number of phosphoric ester groups is 1. The zero-order valence-electron chi connectivity index (χ0n) is 9.61. The topological polar surface area (TPSA) is 87.0 Å². The number of phosphoric acid groups is 1. The normalized spacial score (nSPS) is 13.6. The molecule has 0 saturated carbocycles. The third kappa shape index (κ3) is 5.33. The van der Waals surface area contributed by atoms with Crippen LogP contribution in [0.4, 0.5) is 0 Å². The van der Waals surface area contributed by atoms with Gasteiger partial charge in [0.15, 0.2) is 0 Å².